The van der Waals surface area contributed by atoms with Gasteiger partial charge >= 0.3 is 5.97 Å². The van der Waals surface area contributed by atoms with Gasteiger partial charge in [0.2, 0.25) is 5.91 Å². The summed E-state index contributed by atoms with van der Waals surface area (Å²) in [5, 5.41) is 12.5. The van der Waals surface area contributed by atoms with Gasteiger partial charge in [-0.15, -0.1) is 0 Å². The molecule has 2 aliphatic heterocycles. The molecular formula is C15H18N2O4. The van der Waals surface area contributed by atoms with Gasteiger partial charge in [-0.05, 0) is 11.6 Å². The molecule has 1 unspecified atom stereocenters. The van der Waals surface area contributed by atoms with Crippen LogP contribution >= 0.6 is 0 Å². The van der Waals surface area contributed by atoms with Gasteiger partial charge in [-0.25, -0.2) is 4.79 Å². The monoisotopic (exact) mass is 290 g/mol. The van der Waals surface area contributed by atoms with Crippen LogP contribution in [0.25, 0.3) is 0 Å². The Bertz CT molecular complexity index is 554. The Kier molecular flexibility index (Phi) is 3.90. The van der Waals surface area contributed by atoms with Crippen LogP contribution in [0, 0.1) is 0 Å². The molecule has 2 heterocycles. The predicted octanol–water partition coefficient (Wildman–Crippen LogP) is 0.407. The molecule has 6 heteroatoms. The first-order chi connectivity index (χ1) is 10.2. The molecule has 3 rings (SSSR count). The smallest absolute Gasteiger partial charge is 0.327 e. The second-order valence-electron chi connectivity index (χ2n) is 5.35. The molecule has 0 radical (unpaired) electrons. The first kappa shape index (κ1) is 14.0. The van der Waals surface area contributed by atoms with Crippen molar-refractivity contribution in [2.45, 2.75) is 25.0 Å². The predicted molar refractivity (Wildman–Crippen MR) is 76.3 cm³/mol. The van der Waals surface area contributed by atoms with Crippen LogP contribution in [0.15, 0.2) is 24.3 Å². The van der Waals surface area contributed by atoms with Crippen LogP contribution in [0.3, 0.4) is 0 Å². The standard InChI is InChI=1S/C15H18N2O4/c18-14(8-11-9-16-5-6-21-11)17-12-4-2-1-3-10(12)7-13(17)15(19)20/h1-4,11,13,16H,5-9H2,(H,19,20)/t11?,13-/m0/s1. The average molecular weight is 290 g/mol. The minimum atomic E-state index is -0.970. The van der Waals surface area contributed by atoms with Crippen LogP contribution in [-0.4, -0.2) is 48.8 Å². The molecule has 112 valence electrons. The Morgan fingerprint density at radius 1 is 1.38 bits per heavy atom. The Hall–Kier alpha value is -1.92. The second kappa shape index (κ2) is 5.83. The zero-order chi connectivity index (χ0) is 14.8. The molecular weight excluding hydrogens is 272 g/mol. The molecule has 21 heavy (non-hydrogen) atoms. The Morgan fingerprint density at radius 3 is 2.90 bits per heavy atom. The third-order valence-electron chi connectivity index (χ3n) is 3.94. The van der Waals surface area contributed by atoms with Gasteiger partial charge in [-0.2, -0.15) is 0 Å². The SMILES string of the molecule is O=C(O)[C@@H]1Cc2ccccc2N1C(=O)CC1CNCCO1. The summed E-state index contributed by atoms with van der Waals surface area (Å²) < 4.78 is 5.53. The largest absolute Gasteiger partial charge is 0.480 e. The lowest BCUT2D eigenvalue weighted by Crippen LogP contribution is -2.46. The highest BCUT2D eigenvalue weighted by molar-refractivity contribution is 6.02. The van der Waals surface area contributed by atoms with Crippen molar-refractivity contribution in [3.05, 3.63) is 29.8 Å². The van der Waals surface area contributed by atoms with Gasteiger partial charge in [0, 0.05) is 25.2 Å². The highest BCUT2D eigenvalue weighted by Crippen LogP contribution is 2.33. The number of hydrogen-bond donors (Lipinski definition) is 2. The zero-order valence-electron chi connectivity index (χ0n) is 11.6. The molecule has 2 atom stereocenters. The van der Waals surface area contributed by atoms with Crippen molar-refractivity contribution in [1.82, 2.24) is 5.32 Å². The number of rotatable bonds is 3. The molecule has 6 nitrogen and oxygen atoms in total. The summed E-state index contributed by atoms with van der Waals surface area (Å²) in [7, 11) is 0. The van der Waals surface area contributed by atoms with E-state index in [0.29, 0.717) is 25.3 Å². The van der Waals surface area contributed by atoms with Crippen molar-refractivity contribution in [3.63, 3.8) is 0 Å². The molecule has 0 bridgehead atoms. The molecule has 2 N–H and O–H groups in total. The van der Waals surface area contributed by atoms with Gasteiger partial charge in [-0.3, -0.25) is 9.69 Å². The number of nitrogens with zero attached hydrogens (tertiary/aromatic N) is 1. The molecule has 1 fully saturated rings. The van der Waals surface area contributed by atoms with Crippen LogP contribution in [-0.2, 0) is 20.7 Å². The number of amides is 1. The van der Waals surface area contributed by atoms with E-state index in [1.807, 2.05) is 18.2 Å². The lowest BCUT2D eigenvalue weighted by molar-refractivity contribution is -0.140. The Balaban J connectivity index is 1.80. The Labute approximate surface area is 122 Å². The first-order valence-electron chi connectivity index (χ1n) is 7.12. The number of carboxylic acids is 1. The summed E-state index contributed by atoms with van der Waals surface area (Å²) in [5.74, 6) is -1.16. The van der Waals surface area contributed by atoms with Gasteiger partial charge in [0.1, 0.15) is 6.04 Å². The van der Waals surface area contributed by atoms with E-state index in [4.69, 9.17) is 4.74 Å². The number of ether oxygens (including phenoxy) is 1. The van der Waals surface area contributed by atoms with Crippen molar-refractivity contribution < 1.29 is 19.4 Å². The van der Waals surface area contributed by atoms with Crippen molar-refractivity contribution in [3.8, 4) is 0 Å². The third-order valence-corrected chi connectivity index (χ3v) is 3.94. The van der Waals surface area contributed by atoms with E-state index in [1.54, 1.807) is 6.07 Å². The minimum Gasteiger partial charge on any atom is -0.480 e. The Morgan fingerprint density at radius 2 is 2.19 bits per heavy atom. The lowest BCUT2D eigenvalue weighted by Gasteiger charge is -2.27. The summed E-state index contributed by atoms with van der Waals surface area (Å²) in [6, 6.07) is 6.54. The number of hydrogen-bond acceptors (Lipinski definition) is 4. The fourth-order valence-corrected chi connectivity index (χ4v) is 2.94. The van der Waals surface area contributed by atoms with E-state index in [1.165, 1.54) is 4.90 Å². The number of carboxylic acid groups (broad SMARTS) is 1. The fourth-order valence-electron chi connectivity index (χ4n) is 2.94. The maximum Gasteiger partial charge on any atom is 0.327 e. The van der Waals surface area contributed by atoms with E-state index < -0.39 is 12.0 Å². The maximum absolute atomic E-state index is 12.5. The highest BCUT2D eigenvalue weighted by atomic mass is 16.5. The van der Waals surface area contributed by atoms with Gasteiger partial charge in [0.05, 0.1) is 19.1 Å². The molecule has 1 saturated heterocycles. The van der Waals surface area contributed by atoms with Gasteiger partial charge in [0.15, 0.2) is 0 Å². The summed E-state index contributed by atoms with van der Waals surface area (Å²) in [4.78, 5) is 25.4. The second-order valence-corrected chi connectivity index (χ2v) is 5.35. The number of para-hydroxylation sites is 1. The number of aliphatic carboxylic acids is 1. The van der Waals surface area contributed by atoms with E-state index in [9.17, 15) is 14.7 Å². The zero-order valence-corrected chi connectivity index (χ0v) is 11.6. The number of anilines is 1. The number of carbonyl (C=O) groups excluding carboxylic acids is 1. The number of fused-ring (bicyclic) bond motifs is 1. The number of benzene rings is 1. The summed E-state index contributed by atoms with van der Waals surface area (Å²) in [5.41, 5.74) is 1.61. The van der Waals surface area contributed by atoms with Crippen LogP contribution in [0.5, 0.6) is 0 Å². The molecule has 0 aromatic heterocycles. The van der Waals surface area contributed by atoms with E-state index in [2.05, 4.69) is 5.32 Å². The molecule has 0 spiro atoms. The van der Waals surface area contributed by atoms with Crippen LogP contribution in [0.4, 0.5) is 5.69 Å². The molecule has 1 aromatic carbocycles. The molecule has 0 saturated carbocycles. The topological polar surface area (TPSA) is 78.9 Å². The summed E-state index contributed by atoms with van der Waals surface area (Å²) >= 11 is 0. The fraction of sp³-hybridized carbons (Fsp3) is 0.467. The van der Waals surface area contributed by atoms with Crippen molar-refractivity contribution in [2.75, 3.05) is 24.6 Å². The minimum absolute atomic E-state index is 0.187. The van der Waals surface area contributed by atoms with E-state index in [0.717, 1.165) is 12.1 Å². The van der Waals surface area contributed by atoms with Gasteiger partial charge in [-0.1, -0.05) is 18.2 Å². The van der Waals surface area contributed by atoms with Gasteiger partial charge < -0.3 is 15.2 Å². The molecule has 1 amide bonds. The van der Waals surface area contributed by atoms with E-state index in [-0.39, 0.29) is 18.4 Å². The van der Waals surface area contributed by atoms with Crippen LogP contribution in [0.2, 0.25) is 0 Å². The number of nitrogens with one attached hydrogen (secondary N) is 1. The van der Waals surface area contributed by atoms with Crippen molar-refractivity contribution >= 4 is 17.6 Å². The number of carbonyl (C=O) groups is 2. The van der Waals surface area contributed by atoms with Crippen molar-refractivity contribution in [2.24, 2.45) is 0 Å². The van der Waals surface area contributed by atoms with E-state index >= 15 is 0 Å². The third kappa shape index (κ3) is 2.77. The first-order valence-corrected chi connectivity index (χ1v) is 7.12. The normalized spacial score (nSPS) is 24.7. The number of morpholine rings is 1. The lowest BCUT2D eigenvalue weighted by atomic mass is 10.1. The van der Waals surface area contributed by atoms with Crippen LogP contribution < -0.4 is 10.2 Å². The van der Waals surface area contributed by atoms with Crippen molar-refractivity contribution in [1.29, 1.82) is 0 Å². The highest BCUT2D eigenvalue weighted by Gasteiger charge is 2.38. The molecule has 0 aliphatic carbocycles. The summed E-state index contributed by atoms with van der Waals surface area (Å²) in [6.45, 7) is 1.99. The van der Waals surface area contributed by atoms with Gasteiger partial charge in [0.25, 0.3) is 0 Å². The maximum atomic E-state index is 12.5. The summed E-state index contributed by atoms with van der Waals surface area (Å²) in [6.07, 6.45) is 0.375. The molecule has 2 aliphatic rings. The molecule has 1 aromatic rings. The van der Waals surface area contributed by atoms with Crippen LogP contribution in [0.1, 0.15) is 12.0 Å². The quantitative estimate of drug-likeness (QED) is 0.843. The average Bonchev–Trinajstić information content (AvgIpc) is 2.88.